The van der Waals surface area contributed by atoms with Crippen LogP contribution in [0.5, 0.6) is 0 Å². The van der Waals surface area contributed by atoms with Gasteiger partial charge in [-0.1, -0.05) is 0 Å². The summed E-state index contributed by atoms with van der Waals surface area (Å²) in [7, 11) is 0. The minimum absolute atomic E-state index is 0. The Kier molecular flexibility index (Phi) is 6.57. The zero-order chi connectivity index (χ0) is 3.58. The van der Waals surface area contributed by atoms with Crippen molar-refractivity contribution in [2.24, 2.45) is 0 Å². The number of nitrogens with zero attached hydrogens (tertiary/aromatic N) is 1. The maximum absolute atomic E-state index is 8.25. The molecule has 0 aromatic carbocycles. The van der Waals surface area contributed by atoms with Gasteiger partial charge in [-0.25, -0.2) is 0 Å². The van der Waals surface area contributed by atoms with Crippen LogP contribution < -0.4 is 0 Å². The molecule has 5 heteroatoms. The van der Waals surface area contributed by atoms with Crippen molar-refractivity contribution in [3.63, 3.8) is 0 Å². The molecule has 0 bridgehead atoms. The summed E-state index contributed by atoms with van der Waals surface area (Å²) in [6, 6.07) is 0. The van der Waals surface area contributed by atoms with Gasteiger partial charge in [0.05, 0.1) is 5.09 Å². The van der Waals surface area contributed by atoms with Gasteiger partial charge in [0.1, 0.15) is 0 Å². The van der Waals surface area contributed by atoms with Crippen molar-refractivity contribution >= 4 is 0 Å². The fraction of sp³-hybridized carbons (Fsp3) is 0. The summed E-state index contributed by atoms with van der Waals surface area (Å²) >= 11 is 0. The van der Waals surface area contributed by atoms with Gasteiger partial charge in [0.2, 0.25) is 0 Å². The minimum atomic E-state index is -1.75. The average molecular weight is 117 g/mol. The van der Waals surface area contributed by atoms with Gasteiger partial charge >= 0.3 is 17.1 Å². The van der Waals surface area contributed by atoms with E-state index in [1.54, 1.807) is 0 Å². The predicted molar refractivity (Wildman–Crippen MR) is 10.4 cm³/mol. The van der Waals surface area contributed by atoms with Gasteiger partial charge in [-0.05, 0) is 0 Å². The Morgan fingerprint density at radius 1 is 1.40 bits per heavy atom. The van der Waals surface area contributed by atoms with Gasteiger partial charge in [-0.3, -0.25) is 0 Å². The first-order valence-corrected chi connectivity index (χ1v) is 0.548. The molecule has 0 saturated carbocycles. The van der Waals surface area contributed by atoms with Crippen LogP contribution in [0, 0.1) is 15.3 Å². The monoisotopic (exact) mass is 117 g/mol. The molecule has 0 aliphatic heterocycles. The molecule has 0 atom stereocenters. The molecule has 0 saturated heterocycles. The molecule has 5 heavy (non-hydrogen) atoms. The summed E-state index contributed by atoms with van der Waals surface area (Å²) in [6.07, 6.45) is 0. The van der Waals surface area contributed by atoms with E-state index in [9.17, 15) is 0 Å². The van der Waals surface area contributed by atoms with E-state index in [1.807, 2.05) is 0 Å². The Morgan fingerprint density at radius 2 is 1.40 bits per heavy atom. The van der Waals surface area contributed by atoms with E-state index < -0.39 is 5.09 Å². The Morgan fingerprint density at radius 3 is 1.40 bits per heavy atom. The summed E-state index contributed by atoms with van der Waals surface area (Å²) in [5, 5.41) is 14.8. The van der Waals surface area contributed by atoms with Crippen LogP contribution >= 0.6 is 0 Å². The van der Waals surface area contributed by atoms with E-state index in [0.29, 0.717) is 0 Å². The van der Waals surface area contributed by atoms with Gasteiger partial charge in [-0.15, -0.1) is 0 Å². The van der Waals surface area contributed by atoms with Gasteiger partial charge in [0.25, 0.3) is 0 Å². The third kappa shape index (κ3) is 140. The fourth-order valence-corrected chi connectivity index (χ4v) is 0. The van der Waals surface area contributed by atoms with Crippen molar-refractivity contribution < 1.29 is 22.2 Å². The first kappa shape index (κ1) is 8.83. The van der Waals surface area contributed by atoms with Crippen molar-refractivity contribution in [1.82, 2.24) is 0 Å². The second kappa shape index (κ2) is 3.72. The van der Waals surface area contributed by atoms with E-state index in [-0.39, 0.29) is 17.1 Å². The van der Waals surface area contributed by atoms with Crippen LogP contribution in [-0.4, -0.2) is 5.09 Å². The standard InChI is InChI=1S/Mn.NO3/c;2-1(3)4/q+2;-1. The quantitative estimate of drug-likeness (QED) is 0.249. The van der Waals surface area contributed by atoms with Crippen LogP contribution in [0.4, 0.5) is 0 Å². The molecule has 0 heterocycles. The fourth-order valence-electron chi connectivity index (χ4n) is 0. The third-order valence-electron chi connectivity index (χ3n) is 0. The molecular formula is MnNO3+. The summed E-state index contributed by atoms with van der Waals surface area (Å²) in [5.74, 6) is 0. The Balaban J connectivity index is 0. The molecule has 29 valence electrons. The largest absolute Gasteiger partial charge is 2.00 e. The Bertz CT molecular complexity index is 29.9. The van der Waals surface area contributed by atoms with Crippen LogP contribution in [0.1, 0.15) is 0 Å². The maximum atomic E-state index is 8.25. The van der Waals surface area contributed by atoms with Crippen molar-refractivity contribution in [2.75, 3.05) is 0 Å². The smallest absolute Gasteiger partial charge is 0.356 e. The van der Waals surface area contributed by atoms with Crippen LogP contribution in [0.3, 0.4) is 0 Å². The van der Waals surface area contributed by atoms with E-state index in [2.05, 4.69) is 0 Å². The van der Waals surface area contributed by atoms with E-state index in [4.69, 9.17) is 15.3 Å². The van der Waals surface area contributed by atoms with Gasteiger partial charge < -0.3 is 15.3 Å². The van der Waals surface area contributed by atoms with Crippen molar-refractivity contribution in [1.29, 1.82) is 0 Å². The molecule has 0 aliphatic carbocycles. The molecule has 0 aliphatic rings. The summed E-state index contributed by atoms with van der Waals surface area (Å²) in [6.45, 7) is 0. The van der Waals surface area contributed by atoms with Crippen LogP contribution in [0.15, 0.2) is 0 Å². The molecule has 0 rings (SSSR count). The summed E-state index contributed by atoms with van der Waals surface area (Å²) < 4.78 is 0. The molecule has 0 amide bonds. The number of hydrogen-bond donors (Lipinski definition) is 0. The third-order valence-corrected chi connectivity index (χ3v) is 0. The SMILES string of the molecule is O=[N+]([O-])[O-].[Mn+2]. The Hall–Kier alpha value is -0.281. The molecule has 0 N–H and O–H groups in total. The second-order valence-electron chi connectivity index (χ2n) is 0.224. The number of rotatable bonds is 0. The summed E-state index contributed by atoms with van der Waals surface area (Å²) in [4.78, 5) is 8.25. The zero-order valence-corrected chi connectivity index (χ0v) is 3.23. The summed E-state index contributed by atoms with van der Waals surface area (Å²) in [5.41, 5.74) is 0. The van der Waals surface area contributed by atoms with Gasteiger partial charge in [0, 0.05) is 0 Å². The topological polar surface area (TPSA) is 66.2 Å². The van der Waals surface area contributed by atoms with Gasteiger partial charge in [0.15, 0.2) is 0 Å². The zero-order valence-electron chi connectivity index (χ0n) is 2.05. The van der Waals surface area contributed by atoms with Crippen molar-refractivity contribution in [3.05, 3.63) is 15.3 Å². The molecule has 0 spiro atoms. The van der Waals surface area contributed by atoms with Gasteiger partial charge in [-0.2, -0.15) is 0 Å². The molecule has 4 nitrogen and oxygen atoms in total. The van der Waals surface area contributed by atoms with Crippen molar-refractivity contribution in [2.45, 2.75) is 0 Å². The molecule has 0 aromatic heterocycles. The molecular weight excluding hydrogens is 117 g/mol. The first-order valence-electron chi connectivity index (χ1n) is 0.548. The normalized spacial score (nSPS) is 4.80. The average Bonchev–Trinajstić information content (AvgIpc) is 0.811. The van der Waals surface area contributed by atoms with E-state index in [0.717, 1.165) is 0 Å². The molecule has 1 radical (unpaired) electrons. The first-order chi connectivity index (χ1) is 1.73. The van der Waals surface area contributed by atoms with Crippen LogP contribution in [0.25, 0.3) is 0 Å². The van der Waals surface area contributed by atoms with Crippen LogP contribution in [0.2, 0.25) is 0 Å². The van der Waals surface area contributed by atoms with E-state index >= 15 is 0 Å². The predicted octanol–water partition coefficient (Wildman–Crippen LogP) is -0.242. The second-order valence-corrected chi connectivity index (χ2v) is 0.224. The minimum Gasteiger partial charge on any atom is -0.356 e. The molecule has 0 unspecified atom stereocenters. The van der Waals surface area contributed by atoms with E-state index in [1.165, 1.54) is 0 Å². The van der Waals surface area contributed by atoms with Crippen molar-refractivity contribution in [3.8, 4) is 0 Å². The Labute approximate surface area is 38.4 Å². The van der Waals surface area contributed by atoms with Crippen LogP contribution in [-0.2, 0) is 17.1 Å². The maximum Gasteiger partial charge on any atom is 2.00 e. The number of hydrogen-bond acceptors (Lipinski definition) is 3. The molecule has 0 aromatic rings. The molecule has 0 fully saturated rings.